The zero-order valence-corrected chi connectivity index (χ0v) is 16.7. The molecule has 0 saturated heterocycles. The van der Waals surface area contributed by atoms with Gasteiger partial charge in [0.25, 0.3) is 5.91 Å². The van der Waals surface area contributed by atoms with Crippen LogP contribution in [-0.4, -0.2) is 35.9 Å². The molecule has 6 nitrogen and oxygen atoms in total. The van der Waals surface area contributed by atoms with E-state index in [1.165, 1.54) is 0 Å². The Bertz CT molecular complexity index is 1060. The number of nitrogens with one attached hydrogen (secondary N) is 1. The van der Waals surface area contributed by atoms with E-state index >= 15 is 0 Å². The number of likely N-dealkylation sites (N-methyl/N-ethyl adjacent to an activating group) is 1. The Labute approximate surface area is 168 Å². The number of nitrogens with zero attached hydrogens (tertiary/aromatic N) is 3. The van der Waals surface area contributed by atoms with Crippen LogP contribution in [0.2, 0.25) is 5.02 Å². The van der Waals surface area contributed by atoms with Crippen molar-refractivity contribution < 1.29 is 9.53 Å². The van der Waals surface area contributed by atoms with E-state index in [0.29, 0.717) is 22.9 Å². The Hall–Kier alpha value is -2.99. The van der Waals surface area contributed by atoms with Crippen LogP contribution >= 0.6 is 11.6 Å². The summed E-state index contributed by atoms with van der Waals surface area (Å²) in [5, 5.41) is 8.02. The zero-order valence-electron chi connectivity index (χ0n) is 16.0. The van der Waals surface area contributed by atoms with E-state index in [1.807, 2.05) is 51.2 Å². The second-order valence-corrected chi connectivity index (χ2v) is 7.23. The van der Waals surface area contributed by atoms with Gasteiger partial charge in [0.2, 0.25) is 0 Å². The fraction of sp³-hybridized carbons (Fsp3) is 0.238. The molecule has 0 unspecified atom stereocenters. The molecule has 2 aromatic carbocycles. The van der Waals surface area contributed by atoms with Crippen molar-refractivity contribution in [1.82, 2.24) is 9.78 Å². The van der Waals surface area contributed by atoms with Crippen LogP contribution < -0.4 is 15.0 Å². The van der Waals surface area contributed by atoms with Crippen molar-refractivity contribution in [1.29, 1.82) is 0 Å². The third-order valence-corrected chi connectivity index (χ3v) is 5.42. The highest BCUT2D eigenvalue weighted by molar-refractivity contribution is 6.31. The lowest BCUT2D eigenvalue weighted by molar-refractivity contribution is 0.102. The number of aromatic nitrogens is 2. The van der Waals surface area contributed by atoms with Crippen LogP contribution in [0.5, 0.6) is 5.75 Å². The first kappa shape index (κ1) is 18.4. The highest BCUT2D eigenvalue weighted by Crippen LogP contribution is 2.33. The predicted octanol–water partition coefficient (Wildman–Crippen LogP) is 4.22. The van der Waals surface area contributed by atoms with Gasteiger partial charge in [0.15, 0.2) is 0 Å². The molecule has 0 fully saturated rings. The van der Waals surface area contributed by atoms with E-state index in [9.17, 15) is 4.79 Å². The molecule has 0 atom stereocenters. The van der Waals surface area contributed by atoms with Gasteiger partial charge in [-0.1, -0.05) is 17.7 Å². The standard InChI is InChI=1S/C21H21ClN4O2/c1-13-20(22)14(2)26(24-13)17-6-4-5-15(11-17)21(27)23-16-7-8-18-19(12-16)28-10-9-25(18)3/h4-8,11-12H,9-10H2,1-3H3,(H,23,27). The number of halogens is 1. The molecule has 0 saturated carbocycles. The van der Waals surface area contributed by atoms with E-state index in [2.05, 4.69) is 15.3 Å². The SMILES string of the molecule is Cc1nn(-c2cccc(C(=O)Nc3ccc4c(c3)OCCN4C)c2)c(C)c1Cl. The quantitative estimate of drug-likeness (QED) is 0.720. The van der Waals surface area contributed by atoms with Gasteiger partial charge in [-0.3, -0.25) is 4.79 Å². The lowest BCUT2D eigenvalue weighted by Gasteiger charge is -2.27. The number of fused-ring (bicyclic) bond motifs is 1. The normalized spacial score (nSPS) is 13.1. The zero-order chi connectivity index (χ0) is 19.8. The number of anilines is 2. The van der Waals surface area contributed by atoms with Crippen molar-refractivity contribution in [3.63, 3.8) is 0 Å². The highest BCUT2D eigenvalue weighted by atomic mass is 35.5. The topological polar surface area (TPSA) is 59.4 Å². The number of ether oxygens (including phenoxy) is 1. The molecule has 0 aliphatic carbocycles. The number of amides is 1. The second-order valence-electron chi connectivity index (χ2n) is 6.85. The summed E-state index contributed by atoms with van der Waals surface area (Å²) < 4.78 is 7.46. The van der Waals surface area contributed by atoms with Gasteiger partial charge in [0.05, 0.1) is 34.3 Å². The summed E-state index contributed by atoms with van der Waals surface area (Å²) in [4.78, 5) is 14.9. The Morgan fingerprint density at radius 3 is 2.79 bits per heavy atom. The van der Waals surface area contributed by atoms with Gasteiger partial charge in [0.1, 0.15) is 12.4 Å². The predicted molar refractivity (Wildman–Crippen MR) is 111 cm³/mol. The molecule has 144 valence electrons. The largest absolute Gasteiger partial charge is 0.489 e. The highest BCUT2D eigenvalue weighted by Gasteiger charge is 2.17. The first-order valence-electron chi connectivity index (χ1n) is 9.05. The average molecular weight is 397 g/mol. The first-order valence-corrected chi connectivity index (χ1v) is 9.43. The summed E-state index contributed by atoms with van der Waals surface area (Å²) in [5.41, 5.74) is 4.64. The van der Waals surface area contributed by atoms with Crippen molar-refractivity contribution in [2.45, 2.75) is 13.8 Å². The number of benzene rings is 2. The maximum absolute atomic E-state index is 12.8. The van der Waals surface area contributed by atoms with Gasteiger partial charge < -0.3 is 15.0 Å². The van der Waals surface area contributed by atoms with E-state index < -0.39 is 0 Å². The minimum atomic E-state index is -0.196. The molecular weight excluding hydrogens is 376 g/mol. The summed E-state index contributed by atoms with van der Waals surface area (Å²) in [6.45, 7) is 5.24. The average Bonchev–Trinajstić information content (AvgIpc) is 2.95. The minimum absolute atomic E-state index is 0.196. The molecule has 1 amide bonds. The molecule has 7 heteroatoms. The van der Waals surface area contributed by atoms with Crippen LogP contribution in [0, 0.1) is 13.8 Å². The number of hydrogen-bond donors (Lipinski definition) is 1. The van der Waals surface area contributed by atoms with Gasteiger partial charge in [-0.15, -0.1) is 0 Å². The summed E-state index contributed by atoms with van der Waals surface area (Å²) in [5.74, 6) is 0.580. The fourth-order valence-electron chi connectivity index (χ4n) is 3.29. The Kier molecular flexibility index (Phi) is 4.73. The van der Waals surface area contributed by atoms with Gasteiger partial charge in [-0.25, -0.2) is 4.68 Å². The molecule has 0 radical (unpaired) electrons. The van der Waals surface area contributed by atoms with Crippen LogP contribution in [0.3, 0.4) is 0 Å². The summed E-state index contributed by atoms with van der Waals surface area (Å²) in [6, 6.07) is 13.0. The molecule has 0 spiro atoms. The van der Waals surface area contributed by atoms with Crippen LogP contribution in [0.15, 0.2) is 42.5 Å². The molecule has 28 heavy (non-hydrogen) atoms. The lowest BCUT2D eigenvalue weighted by atomic mass is 10.1. The van der Waals surface area contributed by atoms with E-state index in [4.69, 9.17) is 16.3 Å². The maximum atomic E-state index is 12.8. The molecule has 1 N–H and O–H groups in total. The molecule has 2 heterocycles. The Morgan fingerprint density at radius 2 is 2.04 bits per heavy atom. The maximum Gasteiger partial charge on any atom is 0.255 e. The van der Waals surface area contributed by atoms with Gasteiger partial charge in [-0.2, -0.15) is 5.10 Å². The van der Waals surface area contributed by atoms with E-state index in [-0.39, 0.29) is 5.91 Å². The van der Waals surface area contributed by atoms with Crippen molar-refractivity contribution >= 4 is 28.9 Å². The van der Waals surface area contributed by atoms with Crippen molar-refractivity contribution in [3.05, 3.63) is 64.4 Å². The third-order valence-electron chi connectivity index (χ3n) is 4.87. The fourth-order valence-corrected chi connectivity index (χ4v) is 3.41. The van der Waals surface area contributed by atoms with Gasteiger partial charge >= 0.3 is 0 Å². The number of aryl methyl sites for hydroxylation is 1. The number of rotatable bonds is 3. The van der Waals surface area contributed by atoms with Crippen molar-refractivity contribution in [2.24, 2.45) is 0 Å². The van der Waals surface area contributed by atoms with E-state index in [0.717, 1.165) is 35.1 Å². The second kappa shape index (κ2) is 7.20. The summed E-state index contributed by atoms with van der Waals surface area (Å²) in [6.07, 6.45) is 0. The van der Waals surface area contributed by atoms with Crippen LogP contribution in [-0.2, 0) is 0 Å². The summed E-state index contributed by atoms with van der Waals surface area (Å²) in [7, 11) is 2.02. The lowest BCUT2D eigenvalue weighted by Crippen LogP contribution is -2.28. The molecular formula is C21H21ClN4O2. The van der Waals surface area contributed by atoms with Crippen molar-refractivity contribution in [2.75, 3.05) is 30.4 Å². The molecule has 1 aliphatic rings. The smallest absolute Gasteiger partial charge is 0.255 e. The monoisotopic (exact) mass is 396 g/mol. The van der Waals surface area contributed by atoms with Gasteiger partial charge in [0, 0.05) is 24.4 Å². The van der Waals surface area contributed by atoms with Crippen LogP contribution in [0.1, 0.15) is 21.7 Å². The third kappa shape index (κ3) is 3.31. The first-order chi connectivity index (χ1) is 13.4. The molecule has 0 bridgehead atoms. The Balaban J connectivity index is 1.58. The Morgan fingerprint density at radius 1 is 1.21 bits per heavy atom. The molecule has 4 rings (SSSR count). The van der Waals surface area contributed by atoms with Crippen LogP contribution in [0.25, 0.3) is 5.69 Å². The summed E-state index contributed by atoms with van der Waals surface area (Å²) >= 11 is 6.25. The van der Waals surface area contributed by atoms with Crippen molar-refractivity contribution in [3.8, 4) is 11.4 Å². The van der Waals surface area contributed by atoms with E-state index in [1.54, 1.807) is 16.8 Å². The minimum Gasteiger partial charge on any atom is -0.489 e. The number of carbonyl (C=O) groups excluding carboxylic acids is 1. The number of hydrogen-bond acceptors (Lipinski definition) is 4. The molecule has 1 aromatic heterocycles. The van der Waals surface area contributed by atoms with Crippen LogP contribution in [0.4, 0.5) is 11.4 Å². The molecule has 3 aromatic rings. The molecule has 1 aliphatic heterocycles. The van der Waals surface area contributed by atoms with Gasteiger partial charge in [-0.05, 0) is 44.2 Å². The number of carbonyl (C=O) groups is 1.